The molecule has 0 aromatic carbocycles. The van der Waals surface area contributed by atoms with Crippen LogP contribution in [0.4, 0.5) is 0 Å². The predicted octanol–water partition coefficient (Wildman–Crippen LogP) is 5.05. The van der Waals surface area contributed by atoms with Crippen LogP contribution < -0.4 is 0 Å². The minimum Gasteiger partial charge on any atom is -0.338 e. The molecule has 0 N–H and O–H groups in total. The molecular weight excluding hydrogens is 310 g/mol. The van der Waals surface area contributed by atoms with Crippen molar-refractivity contribution in [3.05, 3.63) is 6.42 Å². The molecule has 4 saturated carbocycles. The smallest absolute Gasteiger partial charge is 0.238 e. The summed E-state index contributed by atoms with van der Waals surface area (Å²) in [4.78, 5) is 15.0. The van der Waals surface area contributed by atoms with Crippen molar-refractivity contribution in [1.29, 1.82) is 0 Å². The second-order valence-electron chi connectivity index (χ2n) is 10.3. The van der Waals surface area contributed by atoms with Crippen LogP contribution >= 0.6 is 0 Å². The van der Waals surface area contributed by atoms with Crippen molar-refractivity contribution in [2.75, 3.05) is 0 Å². The monoisotopic (exact) mass is 342 g/mol. The molecule has 1 radical (unpaired) electrons. The lowest BCUT2D eigenvalue weighted by Gasteiger charge is -2.60. The molecule has 5 rings (SSSR count). The molecule has 1 saturated heterocycles. The van der Waals surface area contributed by atoms with Gasteiger partial charge in [0.05, 0.1) is 0 Å². The van der Waals surface area contributed by atoms with Crippen LogP contribution in [0.3, 0.4) is 0 Å². The van der Waals surface area contributed by atoms with E-state index in [2.05, 4.69) is 25.3 Å². The molecule has 5 aliphatic rings. The van der Waals surface area contributed by atoms with Gasteiger partial charge in [-0.15, -0.1) is 0 Å². The number of hydrogen-bond acceptors (Lipinski definition) is 3. The average Bonchev–Trinajstić information content (AvgIpc) is 3.06. The lowest BCUT2D eigenvalue weighted by atomic mass is 9.44. The third kappa shape index (κ3) is 1.82. The van der Waals surface area contributed by atoms with Crippen molar-refractivity contribution < 1.29 is 9.53 Å². The van der Waals surface area contributed by atoms with E-state index in [1.807, 2.05) is 6.92 Å². The van der Waals surface area contributed by atoms with Gasteiger partial charge in [-0.05, 0) is 93.8 Å². The molecule has 2 unspecified atom stereocenters. The number of aliphatic imine (C=N–C) groups is 1. The van der Waals surface area contributed by atoms with Gasteiger partial charge in [0.2, 0.25) is 6.08 Å². The highest BCUT2D eigenvalue weighted by atomic mass is 16.6. The van der Waals surface area contributed by atoms with E-state index in [1.165, 1.54) is 51.4 Å². The van der Waals surface area contributed by atoms with Crippen molar-refractivity contribution in [2.24, 2.45) is 39.5 Å². The van der Waals surface area contributed by atoms with Gasteiger partial charge in [-0.1, -0.05) is 20.3 Å². The van der Waals surface area contributed by atoms with Crippen molar-refractivity contribution in [2.45, 2.75) is 89.9 Å². The Morgan fingerprint density at radius 2 is 1.84 bits per heavy atom. The zero-order chi connectivity index (χ0) is 17.5. The molecule has 3 nitrogen and oxygen atoms in total. The summed E-state index contributed by atoms with van der Waals surface area (Å²) in [7, 11) is 0. The second-order valence-corrected chi connectivity index (χ2v) is 10.3. The van der Waals surface area contributed by atoms with Gasteiger partial charge in [0.15, 0.2) is 5.72 Å². The average molecular weight is 343 g/mol. The molecule has 0 bridgehead atoms. The number of fused-ring (bicyclic) bond motifs is 6. The zero-order valence-corrected chi connectivity index (χ0v) is 16.0. The molecular formula is C22H32NO2. The lowest BCUT2D eigenvalue weighted by Crippen LogP contribution is -2.54. The third-order valence-electron chi connectivity index (χ3n) is 9.76. The van der Waals surface area contributed by atoms with Crippen molar-refractivity contribution >= 4 is 6.08 Å². The van der Waals surface area contributed by atoms with Crippen LogP contribution in [0.25, 0.3) is 0 Å². The molecule has 4 aliphatic carbocycles. The normalized spacial score (nSPS) is 59.5. The highest BCUT2D eigenvalue weighted by Crippen LogP contribution is 2.75. The summed E-state index contributed by atoms with van der Waals surface area (Å²) in [5, 5.41) is 0. The van der Waals surface area contributed by atoms with Gasteiger partial charge >= 0.3 is 0 Å². The summed E-state index contributed by atoms with van der Waals surface area (Å²) in [5.41, 5.74) is -0.154. The Kier molecular flexibility index (Phi) is 3.29. The van der Waals surface area contributed by atoms with Gasteiger partial charge < -0.3 is 4.74 Å². The molecule has 3 heteroatoms. The van der Waals surface area contributed by atoms with Gasteiger partial charge in [-0.3, -0.25) is 0 Å². The van der Waals surface area contributed by atoms with Crippen LogP contribution in [0.5, 0.6) is 0 Å². The van der Waals surface area contributed by atoms with Gasteiger partial charge in [0, 0.05) is 5.41 Å². The predicted molar refractivity (Wildman–Crippen MR) is 96.4 cm³/mol. The summed E-state index contributed by atoms with van der Waals surface area (Å²) in [6.45, 7) is 7.03. The first-order chi connectivity index (χ1) is 11.9. The van der Waals surface area contributed by atoms with E-state index in [9.17, 15) is 4.79 Å². The Morgan fingerprint density at radius 1 is 1.04 bits per heavy atom. The van der Waals surface area contributed by atoms with Crippen LogP contribution in [0.15, 0.2) is 4.99 Å². The summed E-state index contributed by atoms with van der Waals surface area (Å²) in [6, 6.07) is 0. The second kappa shape index (κ2) is 4.98. The fourth-order valence-electron chi connectivity index (χ4n) is 8.46. The standard InChI is InChI=1S/C22H32NO2/c1-19-11-5-4-6-15(19)7-8-16-17(19)9-12-20(2)18(16)10-13-22(20)21(3,25-22)23-14-24/h11,15-18H,4-10,12-13H2,1-3H3/t15?,16-,17+,18+,19+,20+,21?,22-/m1/s1. The number of hydrogen-bond donors (Lipinski definition) is 0. The Labute approximate surface area is 152 Å². The number of epoxide rings is 1. The minimum atomic E-state index is -0.608. The minimum absolute atomic E-state index is 0.182. The van der Waals surface area contributed by atoms with E-state index in [1.54, 1.807) is 6.08 Å². The number of nitrogens with zero attached hydrogens (tertiary/aromatic N) is 1. The molecule has 25 heavy (non-hydrogen) atoms. The molecule has 1 spiro atoms. The number of ether oxygens (including phenoxy) is 1. The maximum atomic E-state index is 10.9. The van der Waals surface area contributed by atoms with Gasteiger partial charge in [0.1, 0.15) is 5.60 Å². The molecule has 0 aromatic heterocycles. The number of rotatable bonds is 1. The number of isocyanates is 1. The summed E-state index contributed by atoms with van der Waals surface area (Å²) >= 11 is 0. The lowest BCUT2D eigenvalue weighted by molar-refractivity contribution is -0.0942. The molecule has 0 amide bonds. The van der Waals surface area contributed by atoms with E-state index >= 15 is 0 Å². The van der Waals surface area contributed by atoms with E-state index in [0.29, 0.717) is 5.41 Å². The Hall–Kier alpha value is -0.660. The first-order valence-corrected chi connectivity index (χ1v) is 10.5. The molecule has 5 fully saturated rings. The summed E-state index contributed by atoms with van der Waals surface area (Å²) < 4.78 is 6.24. The molecule has 1 heterocycles. The largest absolute Gasteiger partial charge is 0.338 e. The van der Waals surface area contributed by atoms with E-state index in [-0.39, 0.29) is 11.0 Å². The first-order valence-electron chi connectivity index (χ1n) is 10.5. The quantitative estimate of drug-likeness (QED) is 0.380. The SMILES string of the molecule is CC1(N=C=O)O[C@@]12CC[C@H]1[C@@H]3CCC4CCC[CH][C@]4(C)[C@H]3CC[C@@]12C. The van der Waals surface area contributed by atoms with Crippen LogP contribution in [-0.2, 0) is 9.53 Å². The third-order valence-corrected chi connectivity index (χ3v) is 9.76. The maximum Gasteiger partial charge on any atom is 0.238 e. The van der Waals surface area contributed by atoms with Gasteiger partial charge in [-0.25, -0.2) is 4.79 Å². The Bertz CT molecular complexity index is 642. The molecule has 1 aliphatic heterocycles. The molecule has 137 valence electrons. The van der Waals surface area contributed by atoms with Crippen LogP contribution in [0.1, 0.15) is 78.6 Å². The highest BCUT2D eigenvalue weighted by Gasteiger charge is 2.80. The van der Waals surface area contributed by atoms with E-state index < -0.39 is 5.72 Å². The van der Waals surface area contributed by atoms with E-state index in [0.717, 1.165) is 30.1 Å². The molecule has 8 atom stereocenters. The van der Waals surface area contributed by atoms with Crippen molar-refractivity contribution in [3.8, 4) is 0 Å². The number of carbonyl (C=O) groups excluding carboxylic acids is 1. The fraction of sp³-hybridized carbons (Fsp3) is 0.909. The summed E-state index contributed by atoms with van der Waals surface area (Å²) in [5.74, 6) is 3.36. The highest BCUT2D eigenvalue weighted by molar-refractivity contribution is 5.39. The fourth-order valence-corrected chi connectivity index (χ4v) is 8.46. The Morgan fingerprint density at radius 3 is 2.64 bits per heavy atom. The van der Waals surface area contributed by atoms with Crippen molar-refractivity contribution in [3.63, 3.8) is 0 Å². The summed E-state index contributed by atoms with van der Waals surface area (Å²) in [6.07, 6.45) is 16.4. The zero-order valence-electron chi connectivity index (χ0n) is 16.0. The van der Waals surface area contributed by atoms with E-state index in [4.69, 9.17) is 4.74 Å². The van der Waals surface area contributed by atoms with Crippen LogP contribution in [0, 0.1) is 40.9 Å². The van der Waals surface area contributed by atoms with Gasteiger partial charge in [-0.2, -0.15) is 4.99 Å². The topological polar surface area (TPSA) is 42.0 Å². The Balaban J connectivity index is 1.47. The van der Waals surface area contributed by atoms with Gasteiger partial charge in [0.25, 0.3) is 0 Å². The molecule has 0 aromatic rings. The van der Waals surface area contributed by atoms with Crippen molar-refractivity contribution in [1.82, 2.24) is 0 Å². The van der Waals surface area contributed by atoms with Crippen LogP contribution in [-0.4, -0.2) is 17.4 Å². The maximum absolute atomic E-state index is 10.9. The van der Waals surface area contributed by atoms with Crippen LogP contribution in [0.2, 0.25) is 0 Å². The first kappa shape index (κ1) is 16.5.